The Morgan fingerprint density at radius 2 is 2.36 bits per heavy atom. The maximum atomic E-state index is 11.4. The summed E-state index contributed by atoms with van der Waals surface area (Å²) >= 11 is 3.29. The molecule has 1 heterocycles. The second-order valence-electron chi connectivity index (χ2n) is 2.80. The van der Waals surface area contributed by atoms with Crippen LogP contribution < -0.4 is 10.3 Å². The Morgan fingerprint density at radius 3 is 2.93 bits per heavy atom. The van der Waals surface area contributed by atoms with Crippen molar-refractivity contribution in [1.29, 1.82) is 0 Å². The van der Waals surface area contributed by atoms with E-state index in [9.17, 15) is 4.79 Å². The van der Waals surface area contributed by atoms with Crippen LogP contribution >= 0.6 is 15.9 Å². The Labute approximate surface area is 90.3 Å². The molecular formula is C9H12BrNO3. The van der Waals surface area contributed by atoms with Crippen LogP contribution in [0.3, 0.4) is 0 Å². The summed E-state index contributed by atoms with van der Waals surface area (Å²) in [6, 6.07) is 1.42. The number of aryl methyl sites for hydroxylation is 1. The lowest BCUT2D eigenvalue weighted by Crippen LogP contribution is -2.19. The summed E-state index contributed by atoms with van der Waals surface area (Å²) in [6.07, 6.45) is 2.23. The number of halogens is 1. The van der Waals surface area contributed by atoms with Gasteiger partial charge in [0.1, 0.15) is 5.75 Å². The molecule has 0 saturated carbocycles. The summed E-state index contributed by atoms with van der Waals surface area (Å²) in [5, 5.41) is 8.64. The minimum absolute atomic E-state index is 0.0795. The Kier molecular flexibility index (Phi) is 4.16. The topological polar surface area (TPSA) is 51.5 Å². The van der Waals surface area contributed by atoms with Crippen molar-refractivity contribution in [1.82, 2.24) is 4.57 Å². The molecular weight excluding hydrogens is 250 g/mol. The second kappa shape index (κ2) is 5.17. The maximum absolute atomic E-state index is 11.4. The number of nitrogens with zero attached hydrogens (tertiary/aromatic N) is 1. The third kappa shape index (κ3) is 2.59. The lowest BCUT2D eigenvalue weighted by Gasteiger charge is -2.07. The van der Waals surface area contributed by atoms with Crippen LogP contribution in [0.5, 0.6) is 5.75 Å². The quantitative estimate of drug-likeness (QED) is 0.880. The van der Waals surface area contributed by atoms with E-state index in [0.29, 0.717) is 18.7 Å². The van der Waals surface area contributed by atoms with Gasteiger partial charge in [-0.15, -0.1) is 0 Å². The molecule has 0 bridgehead atoms. The van der Waals surface area contributed by atoms with Crippen molar-refractivity contribution < 1.29 is 9.84 Å². The lowest BCUT2D eigenvalue weighted by atomic mass is 10.4. The Hall–Kier alpha value is -0.810. The standard InChI is InChI=1S/C9H12BrNO3/c1-14-8-5-9(13)11(3-2-4-12)6-7(8)10/h5-6,12H,2-4H2,1H3. The SMILES string of the molecule is COc1cc(=O)n(CCCO)cc1Br. The first-order chi connectivity index (χ1) is 6.69. The highest BCUT2D eigenvalue weighted by atomic mass is 79.9. The zero-order chi connectivity index (χ0) is 10.6. The first-order valence-corrected chi connectivity index (χ1v) is 5.03. The van der Waals surface area contributed by atoms with Gasteiger partial charge in [-0.1, -0.05) is 0 Å². The monoisotopic (exact) mass is 261 g/mol. The molecule has 78 valence electrons. The zero-order valence-corrected chi connectivity index (χ0v) is 9.45. The fraction of sp³-hybridized carbons (Fsp3) is 0.444. The number of hydrogen-bond donors (Lipinski definition) is 1. The molecule has 1 rings (SSSR count). The third-order valence-electron chi connectivity index (χ3n) is 1.82. The van der Waals surface area contributed by atoms with Crippen LogP contribution in [0.25, 0.3) is 0 Å². The van der Waals surface area contributed by atoms with Crippen LogP contribution in [0.4, 0.5) is 0 Å². The van der Waals surface area contributed by atoms with E-state index in [4.69, 9.17) is 9.84 Å². The van der Waals surface area contributed by atoms with Crippen molar-refractivity contribution in [3.8, 4) is 5.75 Å². The predicted molar refractivity (Wildman–Crippen MR) is 56.7 cm³/mol. The molecule has 0 aliphatic heterocycles. The third-order valence-corrected chi connectivity index (χ3v) is 2.41. The molecule has 0 atom stereocenters. The van der Waals surface area contributed by atoms with Gasteiger partial charge in [-0.25, -0.2) is 0 Å². The smallest absolute Gasteiger partial charge is 0.254 e. The van der Waals surface area contributed by atoms with Gasteiger partial charge in [0.15, 0.2) is 0 Å². The molecule has 0 amide bonds. The Bertz CT molecular complexity index is 362. The Balaban J connectivity index is 2.97. The molecule has 14 heavy (non-hydrogen) atoms. The van der Waals surface area contributed by atoms with Crippen LogP contribution in [-0.4, -0.2) is 23.4 Å². The maximum Gasteiger partial charge on any atom is 0.254 e. The summed E-state index contributed by atoms with van der Waals surface area (Å²) in [5.41, 5.74) is -0.126. The van der Waals surface area contributed by atoms with Gasteiger partial charge in [-0.3, -0.25) is 4.79 Å². The van der Waals surface area contributed by atoms with Gasteiger partial charge in [0.2, 0.25) is 0 Å². The largest absolute Gasteiger partial charge is 0.495 e. The molecule has 0 unspecified atom stereocenters. The molecule has 0 spiro atoms. The second-order valence-corrected chi connectivity index (χ2v) is 3.65. The molecule has 1 aromatic rings. The van der Waals surface area contributed by atoms with E-state index in [1.54, 1.807) is 6.20 Å². The number of aliphatic hydroxyl groups excluding tert-OH is 1. The summed E-state index contributed by atoms with van der Waals surface area (Å²) in [4.78, 5) is 11.4. The first kappa shape index (κ1) is 11.3. The molecule has 1 N–H and O–H groups in total. The van der Waals surface area contributed by atoms with Crippen molar-refractivity contribution >= 4 is 15.9 Å². The number of pyridine rings is 1. The van der Waals surface area contributed by atoms with Crippen molar-refractivity contribution in [3.63, 3.8) is 0 Å². The molecule has 0 saturated heterocycles. The van der Waals surface area contributed by atoms with Crippen LogP contribution in [0.15, 0.2) is 21.5 Å². The van der Waals surface area contributed by atoms with Crippen molar-refractivity contribution in [2.45, 2.75) is 13.0 Å². The van der Waals surface area contributed by atoms with Crippen molar-refractivity contribution in [2.75, 3.05) is 13.7 Å². The number of ether oxygens (including phenoxy) is 1. The fourth-order valence-corrected chi connectivity index (χ4v) is 1.62. The highest BCUT2D eigenvalue weighted by Gasteiger charge is 2.03. The normalized spacial score (nSPS) is 10.2. The molecule has 4 nitrogen and oxygen atoms in total. The highest BCUT2D eigenvalue weighted by Crippen LogP contribution is 2.21. The van der Waals surface area contributed by atoms with Gasteiger partial charge >= 0.3 is 0 Å². The molecule has 0 aromatic carbocycles. The van der Waals surface area contributed by atoms with Crippen molar-refractivity contribution in [3.05, 3.63) is 27.1 Å². The lowest BCUT2D eigenvalue weighted by molar-refractivity contribution is 0.279. The van der Waals surface area contributed by atoms with E-state index in [-0.39, 0.29) is 12.2 Å². The number of rotatable bonds is 4. The Morgan fingerprint density at radius 1 is 1.64 bits per heavy atom. The number of methoxy groups -OCH3 is 1. The molecule has 5 heteroatoms. The van der Waals surface area contributed by atoms with Gasteiger partial charge in [0, 0.05) is 25.4 Å². The molecule has 0 fully saturated rings. The van der Waals surface area contributed by atoms with Gasteiger partial charge in [0.25, 0.3) is 5.56 Å². The van der Waals surface area contributed by atoms with E-state index in [2.05, 4.69) is 15.9 Å². The first-order valence-electron chi connectivity index (χ1n) is 4.24. The van der Waals surface area contributed by atoms with Gasteiger partial charge in [-0.05, 0) is 22.4 Å². The number of aromatic nitrogens is 1. The van der Waals surface area contributed by atoms with Gasteiger partial charge in [-0.2, -0.15) is 0 Å². The van der Waals surface area contributed by atoms with Gasteiger partial charge < -0.3 is 14.4 Å². The predicted octanol–water partition coefficient (Wildman–Crippen LogP) is 1.00. The van der Waals surface area contributed by atoms with Crippen LogP contribution in [0, 0.1) is 0 Å². The highest BCUT2D eigenvalue weighted by molar-refractivity contribution is 9.10. The van der Waals surface area contributed by atoms with E-state index in [1.807, 2.05) is 0 Å². The van der Waals surface area contributed by atoms with E-state index >= 15 is 0 Å². The number of hydrogen-bond acceptors (Lipinski definition) is 3. The average Bonchev–Trinajstić information content (AvgIpc) is 2.18. The minimum atomic E-state index is -0.126. The van der Waals surface area contributed by atoms with Crippen LogP contribution in [0.1, 0.15) is 6.42 Å². The van der Waals surface area contributed by atoms with E-state index < -0.39 is 0 Å². The molecule has 0 aliphatic rings. The minimum Gasteiger partial charge on any atom is -0.495 e. The summed E-state index contributed by atoms with van der Waals surface area (Å²) in [7, 11) is 1.51. The van der Waals surface area contributed by atoms with Crippen molar-refractivity contribution in [2.24, 2.45) is 0 Å². The summed E-state index contributed by atoms with van der Waals surface area (Å²) in [5.74, 6) is 0.523. The van der Waals surface area contributed by atoms with Crippen LogP contribution in [0.2, 0.25) is 0 Å². The molecule has 0 aliphatic carbocycles. The average molecular weight is 262 g/mol. The van der Waals surface area contributed by atoms with E-state index in [1.165, 1.54) is 17.7 Å². The summed E-state index contributed by atoms with van der Waals surface area (Å²) in [6.45, 7) is 0.591. The molecule has 0 radical (unpaired) electrons. The number of aliphatic hydroxyl groups is 1. The van der Waals surface area contributed by atoms with Crippen LogP contribution in [-0.2, 0) is 6.54 Å². The van der Waals surface area contributed by atoms with E-state index in [0.717, 1.165) is 4.47 Å². The van der Waals surface area contributed by atoms with Gasteiger partial charge in [0.05, 0.1) is 11.6 Å². The summed E-state index contributed by atoms with van der Waals surface area (Å²) < 4.78 is 7.24. The molecule has 1 aromatic heterocycles. The zero-order valence-electron chi connectivity index (χ0n) is 7.86. The fourth-order valence-electron chi connectivity index (χ4n) is 1.10.